The molecule has 2 aromatic carbocycles. The zero-order valence-corrected chi connectivity index (χ0v) is 23.5. The number of alkyl halides is 3. The summed E-state index contributed by atoms with van der Waals surface area (Å²) in [6, 6.07) is 10.6. The number of nitrogens with zero attached hydrogens (tertiary/aromatic N) is 1. The van der Waals surface area contributed by atoms with E-state index in [4.69, 9.17) is 15.2 Å². The van der Waals surface area contributed by atoms with E-state index in [-0.39, 0.29) is 40.5 Å². The Morgan fingerprint density at radius 3 is 2.32 bits per heavy atom. The van der Waals surface area contributed by atoms with E-state index in [0.717, 1.165) is 6.07 Å². The Kier molecular flexibility index (Phi) is 9.47. The number of ketones is 1. The average molecular weight is 579 g/mol. The van der Waals surface area contributed by atoms with Gasteiger partial charge in [-0.2, -0.15) is 13.2 Å². The summed E-state index contributed by atoms with van der Waals surface area (Å²) in [4.78, 5) is 17.1. The van der Waals surface area contributed by atoms with Crippen LogP contribution >= 0.6 is 0 Å². The zero-order valence-electron chi connectivity index (χ0n) is 23.5. The summed E-state index contributed by atoms with van der Waals surface area (Å²) in [6.45, 7) is 6.17. The Balaban J connectivity index is 2.00. The highest BCUT2D eigenvalue weighted by atomic mass is 19.4. The highest BCUT2D eigenvalue weighted by Crippen LogP contribution is 2.43. The Labute approximate surface area is 235 Å². The van der Waals surface area contributed by atoms with Gasteiger partial charge in [0, 0.05) is 23.1 Å². The van der Waals surface area contributed by atoms with Crippen LogP contribution < -0.4 is 15.2 Å². The lowest BCUT2D eigenvalue weighted by molar-refractivity contribution is -0.270. The number of pyridine rings is 1. The highest BCUT2D eigenvalue weighted by molar-refractivity contribution is 5.96. The van der Waals surface area contributed by atoms with Gasteiger partial charge in [0.25, 0.3) is 0 Å². The molecule has 0 spiro atoms. The molecular formula is C30H34F4N2O5. The average Bonchev–Trinajstić information content (AvgIpc) is 2.90. The number of ether oxygens (including phenoxy) is 2. The molecule has 11 heteroatoms. The van der Waals surface area contributed by atoms with E-state index in [1.807, 2.05) is 0 Å². The molecule has 0 fully saturated rings. The molecule has 0 amide bonds. The number of hydrogen-bond donors (Lipinski definition) is 3. The van der Waals surface area contributed by atoms with Crippen molar-refractivity contribution in [3.63, 3.8) is 0 Å². The van der Waals surface area contributed by atoms with Gasteiger partial charge in [0.2, 0.25) is 5.60 Å². The maximum Gasteiger partial charge on any atom is 0.422 e. The second-order valence-electron chi connectivity index (χ2n) is 10.6. The second kappa shape index (κ2) is 12.1. The first kappa shape index (κ1) is 32.0. The lowest BCUT2D eigenvalue weighted by Crippen LogP contribution is -2.44. The van der Waals surface area contributed by atoms with Crippen LogP contribution in [0.3, 0.4) is 0 Å². The summed E-state index contributed by atoms with van der Waals surface area (Å²) in [7, 11) is 1.33. The van der Waals surface area contributed by atoms with Gasteiger partial charge in [0.05, 0.1) is 24.6 Å². The third-order valence-corrected chi connectivity index (χ3v) is 6.60. The fourth-order valence-corrected chi connectivity index (χ4v) is 4.09. The summed E-state index contributed by atoms with van der Waals surface area (Å²) in [5.74, 6) is -0.779. The molecule has 0 radical (unpaired) electrons. The number of nitrogens with two attached hydrogens (primary N) is 1. The van der Waals surface area contributed by atoms with Gasteiger partial charge in [-0.25, -0.2) is 9.37 Å². The predicted molar refractivity (Wildman–Crippen MR) is 145 cm³/mol. The van der Waals surface area contributed by atoms with Crippen LogP contribution in [0.4, 0.5) is 17.6 Å². The van der Waals surface area contributed by atoms with Crippen LogP contribution in [0.1, 0.15) is 60.8 Å². The monoisotopic (exact) mass is 578 g/mol. The number of aliphatic hydroxyl groups excluding tert-OH is 1. The molecule has 0 bridgehead atoms. The van der Waals surface area contributed by atoms with E-state index in [1.54, 1.807) is 13.8 Å². The standard InChI is InChI=1S/C30H34F4N2O5/c1-17-12-19(6-8-22(17)31)23-14-21(28(3,4)35)15-27(36-23)29(39,30(32,33)34)11-10-24(38)20-7-9-25(26(13-20)40-5)41-16-18(2)37/h6-9,12-15,18,37,39H,10-11,16,35H2,1-5H3. The van der Waals surface area contributed by atoms with Crippen molar-refractivity contribution in [2.24, 2.45) is 5.73 Å². The van der Waals surface area contributed by atoms with Crippen molar-refractivity contribution in [1.29, 1.82) is 0 Å². The van der Waals surface area contributed by atoms with Crippen LogP contribution in [-0.2, 0) is 11.1 Å². The molecule has 4 N–H and O–H groups in total. The van der Waals surface area contributed by atoms with Crippen LogP contribution in [0.15, 0.2) is 48.5 Å². The van der Waals surface area contributed by atoms with Crippen molar-refractivity contribution in [2.45, 2.75) is 64.0 Å². The number of rotatable bonds is 11. The molecule has 3 aromatic rings. The summed E-state index contributed by atoms with van der Waals surface area (Å²) in [6.07, 6.45) is -7.67. The molecule has 1 aromatic heterocycles. The molecule has 2 atom stereocenters. The first-order valence-corrected chi connectivity index (χ1v) is 12.9. The van der Waals surface area contributed by atoms with E-state index in [9.17, 15) is 32.6 Å². The molecular weight excluding hydrogens is 544 g/mol. The summed E-state index contributed by atoms with van der Waals surface area (Å²) < 4.78 is 68.0. The molecule has 0 aliphatic heterocycles. The van der Waals surface area contributed by atoms with Crippen molar-refractivity contribution in [1.82, 2.24) is 4.98 Å². The van der Waals surface area contributed by atoms with E-state index >= 15 is 0 Å². The number of aryl methyl sites for hydroxylation is 1. The van der Waals surface area contributed by atoms with Gasteiger partial charge in [0.15, 0.2) is 17.3 Å². The number of aromatic nitrogens is 1. The Morgan fingerprint density at radius 1 is 1.07 bits per heavy atom. The molecule has 0 saturated heterocycles. The van der Waals surface area contributed by atoms with E-state index < -0.39 is 53.6 Å². The minimum Gasteiger partial charge on any atom is -0.493 e. The van der Waals surface area contributed by atoms with Gasteiger partial charge in [-0.1, -0.05) is 0 Å². The first-order chi connectivity index (χ1) is 19.0. The van der Waals surface area contributed by atoms with Crippen LogP contribution in [0.5, 0.6) is 11.5 Å². The molecule has 0 saturated carbocycles. The number of methoxy groups -OCH3 is 1. The van der Waals surface area contributed by atoms with Gasteiger partial charge in [-0.15, -0.1) is 0 Å². The van der Waals surface area contributed by atoms with Crippen LogP contribution in [-0.4, -0.2) is 47.0 Å². The number of benzene rings is 2. The van der Waals surface area contributed by atoms with E-state index in [0.29, 0.717) is 5.56 Å². The largest absolute Gasteiger partial charge is 0.493 e. The lowest BCUT2D eigenvalue weighted by atomic mass is 9.86. The maximum absolute atomic E-state index is 14.5. The number of aliphatic hydroxyl groups is 2. The number of carbonyl (C=O) groups is 1. The maximum atomic E-state index is 14.5. The van der Waals surface area contributed by atoms with Gasteiger partial charge in [0.1, 0.15) is 12.4 Å². The van der Waals surface area contributed by atoms with Gasteiger partial charge >= 0.3 is 6.18 Å². The quantitative estimate of drug-likeness (QED) is 0.201. The molecule has 7 nitrogen and oxygen atoms in total. The zero-order chi connectivity index (χ0) is 30.8. The number of Topliss-reactive ketones (excluding diaryl/α,β-unsaturated/α-hetero) is 1. The third kappa shape index (κ3) is 7.41. The van der Waals surface area contributed by atoms with E-state index in [1.165, 1.54) is 63.4 Å². The number of halogens is 4. The normalized spacial score (nSPS) is 14.3. The van der Waals surface area contributed by atoms with Crippen molar-refractivity contribution >= 4 is 5.78 Å². The molecule has 41 heavy (non-hydrogen) atoms. The topological polar surface area (TPSA) is 115 Å². The predicted octanol–water partition coefficient (Wildman–Crippen LogP) is 5.57. The smallest absolute Gasteiger partial charge is 0.422 e. The van der Waals surface area contributed by atoms with Gasteiger partial charge < -0.3 is 25.4 Å². The Morgan fingerprint density at radius 2 is 1.76 bits per heavy atom. The molecule has 222 valence electrons. The molecule has 2 unspecified atom stereocenters. The summed E-state index contributed by atoms with van der Waals surface area (Å²) in [5.41, 5.74) is 1.83. The van der Waals surface area contributed by atoms with Gasteiger partial charge in [-0.3, -0.25) is 4.79 Å². The first-order valence-electron chi connectivity index (χ1n) is 12.9. The molecule has 0 aliphatic carbocycles. The van der Waals surface area contributed by atoms with Crippen molar-refractivity contribution < 1.29 is 42.0 Å². The Hall–Kier alpha value is -3.54. The van der Waals surface area contributed by atoms with Crippen LogP contribution in [0, 0.1) is 12.7 Å². The molecule has 3 rings (SSSR count). The fraction of sp³-hybridized carbons (Fsp3) is 0.400. The van der Waals surface area contributed by atoms with Crippen LogP contribution in [0.2, 0.25) is 0 Å². The summed E-state index contributed by atoms with van der Waals surface area (Å²) >= 11 is 0. The van der Waals surface area contributed by atoms with Crippen molar-refractivity contribution in [2.75, 3.05) is 13.7 Å². The molecule has 1 heterocycles. The minimum atomic E-state index is -5.20. The van der Waals surface area contributed by atoms with Crippen molar-refractivity contribution in [3.05, 3.63) is 76.7 Å². The van der Waals surface area contributed by atoms with E-state index in [2.05, 4.69) is 4.98 Å². The fourth-order valence-electron chi connectivity index (χ4n) is 4.09. The minimum absolute atomic E-state index is 0.0343. The molecule has 0 aliphatic rings. The van der Waals surface area contributed by atoms with Gasteiger partial charge in [-0.05, 0) is 93.8 Å². The summed E-state index contributed by atoms with van der Waals surface area (Å²) in [5, 5.41) is 20.6. The third-order valence-electron chi connectivity index (χ3n) is 6.60. The lowest BCUT2D eigenvalue weighted by Gasteiger charge is -2.32. The number of hydrogen-bond acceptors (Lipinski definition) is 7. The van der Waals surface area contributed by atoms with Crippen molar-refractivity contribution in [3.8, 4) is 22.8 Å². The highest BCUT2D eigenvalue weighted by Gasteiger charge is 2.56. The Bertz CT molecular complexity index is 1400. The van der Waals surface area contributed by atoms with Crippen LogP contribution in [0.25, 0.3) is 11.3 Å². The SMILES string of the molecule is COc1cc(C(=O)CCC(O)(c2cc(C(C)(C)N)cc(-c3ccc(F)c(C)c3)n2)C(F)(F)F)ccc1OCC(C)O. The number of carbonyl (C=O) groups excluding carboxylic acids is 1. The second-order valence-corrected chi connectivity index (χ2v) is 10.6.